The highest BCUT2D eigenvalue weighted by Gasteiger charge is 2.33. The van der Waals surface area contributed by atoms with Crippen LogP contribution in [0.1, 0.15) is 59.7 Å². The zero-order valence-corrected chi connectivity index (χ0v) is 11.2. The molecular formula is C14H24N2. The molecule has 0 saturated heterocycles. The van der Waals surface area contributed by atoms with Gasteiger partial charge >= 0.3 is 0 Å². The summed E-state index contributed by atoms with van der Waals surface area (Å²) in [4.78, 5) is 8.86. The summed E-state index contributed by atoms with van der Waals surface area (Å²) in [5, 5.41) is 0. The minimum Gasteiger partial charge on any atom is -0.241 e. The molecule has 16 heavy (non-hydrogen) atoms. The standard InChI is InChI=1S/C14H24N2/c1-6-13(3,4)11-14(5,7-2)12-15-9-8-10-16-12/h8-10H,6-7,11H2,1-5H3. The minimum absolute atomic E-state index is 0.0980. The van der Waals surface area contributed by atoms with Crippen LogP contribution in [0.2, 0.25) is 0 Å². The van der Waals surface area contributed by atoms with Gasteiger partial charge in [0.25, 0.3) is 0 Å². The topological polar surface area (TPSA) is 25.8 Å². The van der Waals surface area contributed by atoms with Gasteiger partial charge in [-0.15, -0.1) is 0 Å². The van der Waals surface area contributed by atoms with Crippen LogP contribution >= 0.6 is 0 Å². The largest absolute Gasteiger partial charge is 0.241 e. The molecule has 0 aliphatic heterocycles. The van der Waals surface area contributed by atoms with Crippen molar-refractivity contribution in [3.8, 4) is 0 Å². The van der Waals surface area contributed by atoms with Crippen LogP contribution in [0.15, 0.2) is 18.5 Å². The maximum atomic E-state index is 4.43. The van der Waals surface area contributed by atoms with Gasteiger partial charge in [-0.25, -0.2) is 9.97 Å². The zero-order chi connectivity index (χ0) is 12.2. The van der Waals surface area contributed by atoms with Crippen LogP contribution in [-0.2, 0) is 5.41 Å². The first-order valence-corrected chi connectivity index (χ1v) is 6.21. The van der Waals surface area contributed by atoms with Crippen LogP contribution in [0.4, 0.5) is 0 Å². The zero-order valence-electron chi connectivity index (χ0n) is 11.2. The molecule has 1 aromatic rings. The van der Waals surface area contributed by atoms with Crippen molar-refractivity contribution < 1.29 is 0 Å². The molecule has 90 valence electrons. The normalized spacial score (nSPS) is 15.8. The van der Waals surface area contributed by atoms with Crippen LogP contribution in [0, 0.1) is 5.41 Å². The predicted molar refractivity (Wildman–Crippen MR) is 68.4 cm³/mol. The molecule has 0 N–H and O–H groups in total. The Labute approximate surface area is 99.5 Å². The van der Waals surface area contributed by atoms with Crippen molar-refractivity contribution in [3.63, 3.8) is 0 Å². The highest BCUT2D eigenvalue weighted by Crippen LogP contribution is 2.39. The molecule has 0 spiro atoms. The Balaban J connectivity index is 2.95. The lowest BCUT2D eigenvalue weighted by atomic mass is 9.71. The highest BCUT2D eigenvalue weighted by molar-refractivity contribution is 5.07. The van der Waals surface area contributed by atoms with Gasteiger partial charge in [0.05, 0.1) is 0 Å². The smallest absolute Gasteiger partial charge is 0.134 e. The Morgan fingerprint density at radius 1 is 1.00 bits per heavy atom. The van der Waals surface area contributed by atoms with E-state index in [1.165, 1.54) is 6.42 Å². The molecular weight excluding hydrogens is 196 g/mol. The van der Waals surface area contributed by atoms with E-state index in [1.807, 2.05) is 18.5 Å². The number of rotatable bonds is 5. The lowest BCUT2D eigenvalue weighted by molar-refractivity contribution is 0.222. The molecule has 0 bridgehead atoms. The van der Waals surface area contributed by atoms with E-state index in [-0.39, 0.29) is 5.41 Å². The van der Waals surface area contributed by atoms with Crippen molar-refractivity contribution in [1.82, 2.24) is 9.97 Å². The summed E-state index contributed by atoms with van der Waals surface area (Å²) in [6.45, 7) is 11.4. The quantitative estimate of drug-likeness (QED) is 0.750. The van der Waals surface area contributed by atoms with Gasteiger partial charge in [0.15, 0.2) is 0 Å². The summed E-state index contributed by atoms with van der Waals surface area (Å²) in [5.41, 5.74) is 0.449. The predicted octanol–water partition coefficient (Wildman–Crippen LogP) is 3.97. The molecule has 0 fully saturated rings. The summed E-state index contributed by atoms with van der Waals surface area (Å²) in [7, 11) is 0. The van der Waals surface area contributed by atoms with Crippen molar-refractivity contribution in [3.05, 3.63) is 24.3 Å². The van der Waals surface area contributed by atoms with E-state index < -0.39 is 0 Å². The molecule has 2 nitrogen and oxygen atoms in total. The Hall–Kier alpha value is -0.920. The molecule has 1 atom stereocenters. The third kappa shape index (κ3) is 3.03. The van der Waals surface area contributed by atoms with Crippen molar-refractivity contribution in [2.45, 2.75) is 59.3 Å². The molecule has 1 rings (SSSR count). The van der Waals surface area contributed by atoms with Gasteiger partial charge < -0.3 is 0 Å². The van der Waals surface area contributed by atoms with E-state index in [4.69, 9.17) is 0 Å². The number of hydrogen-bond donors (Lipinski definition) is 0. The molecule has 0 aliphatic carbocycles. The number of nitrogens with zero attached hydrogens (tertiary/aromatic N) is 2. The van der Waals surface area contributed by atoms with Gasteiger partial charge in [0.2, 0.25) is 0 Å². The Bertz CT molecular complexity index is 319. The first-order chi connectivity index (χ1) is 7.43. The van der Waals surface area contributed by atoms with E-state index >= 15 is 0 Å². The van der Waals surface area contributed by atoms with E-state index in [0.717, 1.165) is 18.7 Å². The lowest BCUT2D eigenvalue weighted by Crippen LogP contribution is -2.30. The average Bonchev–Trinajstić information content (AvgIpc) is 2.29. The van der Waals surface area contributed by atoms with Crippen molar-refractivity contribution in [2.75, 3.05) is 0 Å². The molecule has 0 saturated carbocycles. The lowest BCUT2D eigenvalue weighted by Gasteiger charge is -2.35. The van der Waals surface area contributed by atoms with Gasteiger partial charge in [0.1, 0.15) is 5.82 Å². The SMILES string of the molecule is CCC(C)(C)CC(C)(CC)c1ncccn1. The highest BCUT2D eigenvalue weighted by atomic mass is 14.9. The first-order valence-electron chi connectivity index (χ1n) is 6.21. The third-order valence-corrected chi connectivity index (χ3v) is 3.71. The molecule has 0 amide bonds. The van der Waals surface area contributed by atoms with Crippen LogP contribution in [0.3, 0.4) is 0 Å². The maximum Gasteiger partial charge on any atom is 0.134 e. The second-order valence-electron chi connectivity index (χ2n) is 5.68. The Kier molecular flexibility index (Phi) is 4.06. The van der Waals surface area contributed by atoms with Crippen LogP contribution in [-0.4, -0.2) is 9.97 Å². The van der Waals surface area contributed by atoms with E-state index in [9.17, 15) is 0 Å². The van der Waals surface area contributed by atoms with E-state index in [2.05, 4.69) is 44.6 Å². The fraction of sp³-hybridized carbons (Fsp3) is 0.714. The molecule has 0 aromatic carbocycles. The Morgan fingerprint density at radius 2 is 1.56 bits per heavy atom. The molecule has 0 aliphatic rings. The minimum atomic E-state index is 0.0980. The summed E-state index contributed by atoms with van der Waals surface area (Å²) in [6.07, 6.45) is 7.09. The summed E-state index contributed by atoms with van der Waals surface area (Å²) >= 11 is 0. The van der Waals surface area contributed by atoms with E-state index in [1.54, 1.807) is 0 Å². The summed E-state index contributed by atoms with van der Waals surface area (Å²) in [5.74, 6) is 0.985. The first kappa shape index (κ1) is 13.1. The second-order valence-corrected chi connectivity index (χ2v) is 5.68. The Morgan fingerprint density at radius 3 is 2.00 bits per heavy atom. The van der Waals surface area contributed by atoms with Crippen molar-refractivity contribution in [1.29, 1.82) is 0 Å². The number of aromatic nitrogens is 2. The number of hydrogen-bond acceptors (Lipinski definition) is 2. The van der Waals surface area contributed by atoms with Crippen molar-refractivity contribution in [2.24, 2.45) is 5.41 Å². The molecule has 0 radical (unpaired) electrons. The monoisotopic (exact) mass is 220 g/mol. The van der Waals surface area contributed by atoms with Gasteiger partial charge in [-0.1, -0.05) is 41.0 Å². The summed E-state index contributed by atoms with van der Waals surface area (Å²) in [6, 6.07) is 1.88. The van der Waals surface area contributed by atoms with Crippen LogP contribution in [0.5, 0.6) is 0 Å². The average molecular weight is 220 g/mol. The fourth-order valence-corrected chi connectivity index (χ4v) is 2.15. The fourth-order valence-electron chi connectivity index (χ4n) is 2.15. The van der Waals surface area contributed by atoms with Gasteiger partial charge in [-0.3, -0.25) is 0 Å². The molecule has 1 heterocycles. The molecule has 2 heteroatoms. The summed E-state index contributed by atoms with van der Waals surface area (Å²) < 4.78 is 0. The maximum absolute atomic E-state index is 4.43. The van der Waals surface area contributed by atoms with Crippen molar-refractivity contribution >= 4 is 0 Å². The van der Waals surface area contributed by atoms with E-state index in [0.29, 0.717) is 5.41 Å². The van der Waals surface area contributed by atoms with Gasteiger partial charge in [-0.2, -0.15) is 0 Å². The molecule has 1 unspecified atom stereocenters. The molecule has 1 aromatic heterocycles. The van der Waals surface area contributed by atoms with Crippen LogP contribution < -0.4 is 0 Å². The van der Waals surface area contributed by atoms with Crippen LogP contribution in [0.25, 0.3) is 0 Å². The van der Waals surface area contributed by atoms with Gasteiger partial charge in [-0.05, 0) is 24.3 Å². The third-order valence-electron chi connectivity index (χ3n) is 3.71. The van der Waals surface area contributed by atoms with Gasteiger partial charge in [0, 0.05) is 17.8 Å². The second kappa shape index (κ2) is 4.94.